The average molecular weight is 114 g/mol. The first-order valence-electron chi connectivity index (χ1n) is 2.83. The molecular formula is C6H12NO. The molecule has 0 unspecified atom stereocenters. The topological polar surface area (TPSA) is 20.3 Å². The lowest BCUT2D eigenvalue weighted by molar-refractivity contribution is -0.117. The lowest BCUT2D eigenvalue weighted by atomic mass is 10.4. The van der Waals surface area contributed by atoms with E-state index in [9.17, 15) is 4.79 Å². The van der Waals surface area contributed by atoms with Crippen molar-refractivity contribution in [2.75, 3.05) is 13.1 Å². The molecule has 0 saturated carbocycles. The molecule has 1 amide bonds. The summed E-state index contributed by atoms with van der Waals surface area (Å²) in [5.74, 6) is 0. The van der Waals surface area contributed by atoms with Crippen molar-refractivity contribution in [3.8, 4) is 0 Å². The first-order chi connectivity index (χ1) is 3.85. The lowest BCUT2D eigenvalue weighted by Crippen LogP contribution is -2.21. The van der Waals surface area contributed by atoms with Gasteiger partial charge in [-0.25, -0.2) is 0 Å². The smallest absolute Gasteiger partial charge is 0.209 e. The van der Waals surface area contributed by atoms with Crippen molar-refractivity contribution in [3.05, 3.63) is 6.92 Å². The van der Waals surface area contributed by atoms with E-state index in [1.54, 1.807) is 4.90 Å². The first-order valence-corrected chi connectivity index (χ1v) is 2.83. The van der Waals surface area contributed by atoms with E-state index in [0.717, 1.165) is 19.4 Å². The van der Waals surface area contributed by atoms with E-state index < -0.39 is 0 Å². The van der Waals surface area contributed by atoms with Crippen molar-refractivity contribution >= 4 is 6.41 Å². The average Bonchev–Trinajstić information content (AvgIpc) is 1.83. The molecule has 0 bridgehead atoms. The zero-order valence-electron chi connectivity index (χ0n) is 5.26. The van der Waals surface area contributed by atoms with Crippen LogP contribution >= 0.6 is 0 Å². The molecule has 0 aromatic rings. The summed E-state index contributed by atoms with van der Waals surface area (Å²) < 4.78 is 0. The summed E-state index contributed by atoms with van der Waals surface area (Å²) in [6, 6.07) is 0. The lowest BCUT2D eigenvalue weighted by Gasteiger charge is -2.11. The van der Waals surface area contributed by atoms with Crippen LogP contribution in [0.4, 0.5) is 0 Å². The summed E-state index contributed by atoms with van der Waals surface area (Å²) in [7, 11) is 0. The highest BCUT2D eigenvalue weighted by Gasteiger charge is 1.91. The van der Waals surface area contributed by atoms with Crippen molar-refractivity contribution in [2.24, 2.45) is 0 Å². The molecule has 0 spiro atoms. The molecule has 0 aliphatic rings. The van der Waals surface area contributed by atoms with Crippen LogP contribution in [0.15, 0.2) is 0 Å². The third-order valence-corrected chi connectivity index (χ3v) is 0.947. The highest BCUT2D eigenvalue weighted by Crippen LogP contribution is 1.83. The Labute approximate surface area is 50.5 Å². The summed E-state index contributed by atoms with van der Waals surface area (Å²) in [5.41, 5.74) is 0. The van der Waals surface area contributed by atoms with Crippen LogP contribution < -0.4 is 0 Å². The minimum absolute atomic E-state index is 0.581. The number of carbonyl (C=O) groups excluding carboxylic acids is 1. The minimum Gasteiger partial charge on any atom is -0.345 e. The van der Waals surface area contributed by atoms with E-state index in [4.69, 9.17) is 0 Å². The molecule has 8 heavy (non-hydrogen) atoms. The maximum Gasteiger partial charge on any atom is 0.209 e. The Morgan fingerprint density at radius 1 is 1.75 bits per heavy atom. The molecule has 0 aromatic heterocycles. The van der Waals surface area contributed by atoms with Crippen LogP contribution in [-0.4, -0.2) is 24.4 Å². The summed E-state index contributed by atoms with van der Waals surface area (Å²) in [6.45, 7) is 7.01. The Balaban J connectivity index is 3.21. The molecule has 0 aliphatic carbocycles. The largest absolute Gasteiger partial charge is 0.345 e. The highest BCUT2D eigenvalue weighted by atomic mass is 16.1. The second-order valence-electron chi connectivity index (χ2n) is 1.64. The van der Waals surface area contributed by atoms with Crippen LogP contribution in [0.1, 0.15) is 13.3 Å². The summed E-state index contributed by atoms with van der Waals surface area (Å²) in [6.07, 6.45) is 1.84. The number of rotatable bonds is 4. The quantitative estimate of drug-likeness (QED) is 0.492. The van der Waals surface area contributed by atoms with Crippen molar-refractivity contribution < 1.29 is 4.79 Å². The van der Waals surface area contributed by atoms with Crippen LogP contribution in [0.3, 0.4) is 0 Å². The van der Waals surface area contributed by atoms with Crippen molar-refractivity contribution in [2.45, 2.75) is 13.3 Å². The second kappa shape index (κ2) is 4.62. The highest BCUT2D eigenvalue weighted by molar-refractivity contribution is 5.46. The zero-order chi connectivity index (χ0) is 6.41. The molecule has 1 radical (unpaired) electrons. The number of hydrogen-bond acceptors (Lipinski definition) is 1. The molecule has 47 valence electrons. The van der Waals surface area contributed by atoms with Gasteiger partial charge in [-0.3, -0.25) is 4.79 Å². The van der Waals surface area contributed by atoms with Gasteiger partial charge in [-0.05, 0) is 13.3 Å². The molecule has 0 atom stereocenters. The molecule has 0 aromatic carbocycles. The van der Waals surface area contributed by atoms with E-state index >= 15 is 0 Å². The van der Waals surface area contributed by atoms with Gasteiger partial charge in [0.1, 0.15) is 0 Å². The fraction of sp³-hybridized carbons (Fsp3) is 0.667. The zero-order valence-corrected chi connectivity index (χ0v) is 5.26. The molecule has 0 heterocycles. The molecular weight excluding hydrogens is 102 g/mol. The molecule has 0 fully saturated rings. The molecule has 2 heteroatoms. The molecule has 2 nitrogen and oxygen atoms in total. The summed E-state index contributed by atoms with van der Waals surface area (Å²) >= 11 is 0. The van der Waals surface area contributed by atoms with Gasteiger partial charge < -0.3 is 4.90 Å². The number of carbonyl (C=O) groups is 1. The van der Waals surface area contributed by atoms with Gasteiger partial charge >= 0.3 is 0 Å². The Kier molecular flexibility index (Phi) is 4.32. The van der Waals surface area contributed by atoms with Gasteiger partial charge in [-0.15, -0.1) is 0 Å². The Morgan fingerprint density at radius 3 is 2.50 bits per heavy atom. The Morgan fingerprint density at radius 2 is 2.38 bits per heavy atom. The van der Waals surface area contributed by atoms with E-state index in [0.29, 0.717) is 6.54 Å². The Bertz CT molecular complexity index is 63.5. The molecule has 0 saturated heterocycles. The van der Waals surface area contributed by atoms with Gasteiger partial charge in [-0.1, -0.05) is 6.92 Å². The fourth-order valence-electron chi connectivity index (χ4n) is 0.504. The fourth-order valence-corrected chi connectivity index (χ4v) is 0.504. The third-order valence-electron chi connectivity index (χ3n) is 0.947. The van der Waals surface area contributed by atoms with Crippen molar-refractivity contribution in [1.82, 2.24) is 4.90 Å². The normalized spacial score (nSPS) is 8.75. The van der Waals surface area contributed by atoms with Crippen LogP contribution in [0.25, 0.3) is 0 Å². The SMILES string of the molecule is [CH2]CN(C=O)CCC. The third kappa shape index (κ3) is 2.61. The second-order valence-corrected chi connectivity index (χ2v) is 1.64. The summed E-state index contributed by atoms with van der Waals surface area (Å²) in [4.78, 5) is 11.7. The molecule has 0 aliphatic heterocycles. The van der Waals surface area contributed by atoms with Gasteiger partial charge in [0.05, 0.1) is 0 Å². The van der Waals surface area contributed by atoms with Gasteiger partial charge in [0, 0.05) is 13.1 Å². The van der Waals surface area contributed by atoms with Crippen LogP contribution in [0, 0.1) is 6.92 Å². The first kappa shape index (κ1) is 7.47. The van der Waals surface area contributed by atoms with E-state index in [1.807, 2.05) is 6.92 Å². The van der Waals surface area contributed by atoms with Crippen molar-refractivity contribution in [1.29, 1.82) is 0 Å². The number of nitrogens with zero attached hydrogens (tertiary/aromatic N) is 1. The predicted molar refractivity (Wildman–Crippen MR) is 33.3 cm³/mol. The van der Waals surface area contributed by atoms with Crippen molar-refractivity contribution in [3.63, 3.8) is 0 Å². The van der Waals surface area contributed by atoms with Crippen LogP contribution in [0.2, 0.25) is 0 Å². The summed E-state index contributed by atoms with van der Waals surface area (Å²) in [5, 5.41) is 0. The number of amides is 1. The predicted octanol–water partition coefficient (Wildman–Crippen LogP) is 0.689. The van der Waals surface area contributed by atoms with Crippen LogP contribution in [-0.2, 0) is 4.79 Å². The monoisotopic (exact) mass is 114 g/mol. The van der Waals surface area contributed by atoms with Gasteiger partial charge in [0.25, 0.3) is 0 Å². The Hall–Kier alpha value is -0.530. The van der Waals surface area contributed by atoms with Gasteiger partial charge in [-0.2, -0.15) is 0 Å². The molecule has 0 rings (SSSR count). The van der Waals surface area contributed by atoms with E-state index in [2.05, 4.69) is 6.92 Å². The minimum atomic E-state index is 0.581. The van der Waals surface area contributed by atoms with Crippen LogP contribution in [0.5, 0.6) is 0 Å². The van der Waals surface area contributed by atoms with E-state index in [1.165, 1.54) is 0 Å². The molecule has 0 N–H and O–H groups in total. The maximum atomic E-state index is 10.0. The standard InChI is InChI=1S/C6H12NO/c1-3-5-7(4-2)6-8/h6H,2-5H2,1H3. The van der Waals surface area contributed by atoms with Gasteiger partial charge in [0.2, 0.25) is 6.41 Å². The maximum absolute atomic E-state index is 10.0. The number of hydrogen-bond donors (Lipinski definition) is 0. The van der Waals surface area contributed by atoms with E-state index in [-0.39, 0.29) is 0 Å². The van der Waals surface area contributed by atoms with Gasteiger partial charge in [0.15, 0.2) is 0 Å².